The quantitative estimate of drug-likeness (QED) is 0.359. The molecule has 2 N–H and O–H groups in total. The van der Waals surface area contributed by atoms with Crippen molar-refractivity contribution in [1.82, 2.24) is 20.0 Å². The summed E-state index contributed by atoms with van der Waals surface area (Å²) < 4.78 is 1.88. The third-order valence-electron chi connectivity index (χ3n) is 4.28. The Morgan fingerprint density at radius 1 is 1.26 bits per heavy atom. The van der Waals surface area contributed by atoms with Crippen molar-refractivity contribution in [3.05, 3.63) is 52.8 Å². The van der Waals surface area contributed by atoms with Gasteiger partial charge in [0, 0.05) is 38.9 Å². The summed E-state index contributed by atoms with van der Waals surface area (Å²) in [5, 5.41) is 17.4. The number of aliphatic hydroxyl groups is 1. The molecular weight excluding hydrogens is 453 g/mol. The largest absolute Gasteiger partial charge is 0.392 e. The van der Waals surface area contributed by atoms with Crippen LogP contribution in [0.25, 0.3) is 0 Å². The number of nitrogens with zero attached hydrogens (tertiary/aromatic N) is 4. The fraction of sp³-hybridized carbons (Fsp3) is 0.500. The molecule has 2 rings (SSSR count). The van der Waals surface area contributed by atoms with Gasteiger partial charge in [0.2, 0.25) is 0 Å². The molecule has 0 atom stereocenters. The first-order valence-electron chi connectivity index (χ1n) is 9.15. The minimum atomic E-state index is 0. The highest BCUT2D eigenvalue weighted by Gasteiger charge is 2.15. The Hall–Kier alpha value is -1.61. The van der Waals surface area contributed by atoms with Crippen molar-refractivity contribution in [2.24, 2.45) is 12.0 Å². The van der Waals surface area contributed by atoms with E-state index in [0.717, 1.165) is 35.9 Å². The normalized spacial score (nSPS) is 11.4. The minimum absolute atomic E-state index is 0. The van der Waals surface area contributed by atoms with Gasteiger partial charge >= 0.3 is 0 Å². The molecule has 0 spiro atoms. The third kappa shape index (κ3) is 6.49. The van der Waals surface area contributed by atoms with Gasteiger partial charge in [0.15, 0.2) is 5.96 Å². The minimum Gasteiger partial charge on any atom is -0.392 e. The van der Waals surface area contributed by atoms with E-state index < -0.39 is 0 Å². The van der Waals surface area contributed by atoms with Crippen LogP contribution in [0, 0.1) is 0 Å². The average molecular weight is 485 g/mol. The Morgan fingerprint density at radius 2 is 1.93 bits per heavy atom. The number of aromatic nitrogens is 2. The van der Waals surface area contributed by atoms with Crippen LogP contribution in [0.5, 0.6) is 0 Å². The summed E-state index contributed by atoms with van der Waals surface area (Å²) in [6.45, 7) is 8.51. The third-order valence-corrected chi connectivity index (χ3v) is 4.28. The first kappa shape index (κ1) is 23.4. The maximum Gasteiger partial charge on any atom is 0.194 e. The fourth-order valence-electron chi connectivity index (χ4n) is 2.99. The molecule has 0 amide bonds. The Labute approximate surface area is 179 Å². The van der Waals surface area contributed by atoms with Crippen LogP contribution in [-0.4, -0.2) is 39.3 Å². The molecule has 1 aromatic heterocycles. The lowest BCUT2D eigenvalue weighted by molar-refractivity contribution is 0.280. The molecule has 0 saturated heterocycles. The van der Waals surface area contributed by atoms with Crippen molar-refractivity contribution in [3.63, 3.8) is 0 Å². The first-order valence-corrected chi connectivity index (χ1v) is 9.15. The maximum atomic E-state index is 9.49. The average Bonchev–Trinajstić information content (AvgIpc) is 2.99. The van der Waals surface area contributed by atoms with E-state index in [0.29, 0.717) is 12.5 Å². The number of aliphatic imine (C=N–C) groups is 1. The summed E-state index contributed by atoms with van der Waals surface area (Å²) in [4.78, 5) is 6.88. The number of hydrogen-bond donors (Lipinski definition) is 2. The van der Waals surface area contributed by atoms with Crippen LogP contribution in [0.1, 0.15) is 49.1 Å². The van der Waals surface area contributed by atoms with Crippen LogP contribution < -0.4 is 5.32 Å². The summed E-state index contributed by atoms with van der Waals surface area (Å²) in [5.41, 5.74) is 4.30. The molecule has 2 aromatic rings. The van der Waals surface area contributed by atoms with Gasteiger partial charge in [-0.05, 0) is 24.0 Å². The Kier molecular flexibility index (Phi) is 9.79. The molecular formula is C20H32IN5O. The number of nitrogens with one attached hydrogen (secondary N) is 1. The first-order chi connectivity index (χ1) is 12.5. The van der Waals surface area contributed by atoms with Crippen molar-refractivity contribution in [1.29, 1.82) is 0 Å². The van der Waals surface area contributed by atoms with Gasteiger partial charge in [0.05, 0.1) is 18.8 Å². The van der Waals surface area contributed by atoms with E-state index in [9.17, 15) is 5.11 Å². The number of hydrogen-bond acceptors (Lipinski definition) is 3. The van der Waals surface area contributed by atoms with Crippen LogP contribution >= 0.6 is 24.0 Å². The number of benzene rings is 1. The highest BCUT2D eigenvalue weighted by atomic mass is 127. The lowest BCUT2D eigenvalue weighted by Gasteiger charge is -2.22. The Bertz CT molecular complexity index is 742. The second-order valence-corrected chi connectivity index (χ2v) is 6.82. The molecule has 7 heteroatoms. The van der Waals surface area contributed by atoms with Crippen LogP contribution in [0.2, 0.25) is 0 Å². The summed E-state index contributed by atoms with van der Waals surface area (Å²) >= 11 is 0. The van der Waals surface area contributed by atoms with E-state index in [1.165, 1.54) is 5.56 Å². The highest BCUT2D eigenvalue weighted by molar-refractivity contribution is 14.0. The van der Waals surface area contributed by atoms with Gasteiger partial charge in [-0.3, -0.25) is 4.68 Å². The smallest absolute Gasteiger partial charge is 0.194 e. The van der Waals surface area contributed by atoms with Gasteiger partial charge < -0.3 is 15.3 Å². The van der Waals surface area contributed by atoms with E-state index in [-0.39, 0.29) is 30.6 Å². The molecule has 0 fully saturated rings. The molecule has 27 heavy (non-hydrogen) atoms. The second-order valence-electron chi connectivity index (χ2n) is 6.82. The number of halogens is 1. The van der Waals surface area contributed by atoms with Gasteiger partial charge in [0.1, 0.15) is 0 Å². The molecule has 6 nitrogen and oxygen atoms in total. The molecule has 0 unspecified atom stereocenters. The molecule has 0 aliphatic rings. The monoisotopic (exact) mass is 485 g/mol. The predicted octanol–water partition coefficient (Wildman–Crippen LogP) is 3.25. The fourth-order valence-corrected chi connectivity index (χ4v) is 2.99. The zero-order valence-electron chi connectivity index (χ0n) is 16.9. The van der Waals surface area contributed by atoms with E-state index in [1.54, 1.807) is 0 Å². The van der Waals surface area contributed by atoms with Crippen LogP contribution in [0.4, 0.5) is 0 Å². The van der Waals surface area contributed by atoms with Gasteiger partial charge in [-0.2, -0.15) is 5.10 Å². The molecule has 0 radical (unpaired) electrons. The highest BCUT2D eigenvalue weighted by Crippen LogP contribution is 2.18. The SMILES string of the molecule is CCNC(=NCc1ccccc1CO)N(C)Cc1cn(C)nc1C(C)C.I. The van der Waals surface area contributed by atoms with E-state index in [1.807, 2.05) is 43.0 Å². The standard InChI is InChI=1S/C20H31N5O.HI/c1-6-21-20(22-11-16-9-7-8-10-17(16)14-26)24(4)12-18-13-25(5)23-19(18)15(2)3;/h7-10,13,15,26H,6,11-12,14H2,1-5H3,(H,21,22);1H. The lowest BCUT2D eigenvalue weighted by Crippen LogP contribution is -2.38. The molecule has 0 aliphatic carbocycles. The number of aliphatic hydroxyl groups excluding tert-OH is 1. The number of aryl methyl sites for hydroxylation is 1. The number of guanidine groups is 1. The van der Waals surface area contributed by atoms with Gasteiger partial charge in [-0.15, -0.1) is 24.0 Å². The summed E-state index contributed by atoms with van der Waals surface area (Å²) in [6, 6.07) is 7.86. The molecule has 150 valence electrons. The van der Waals surface area contributed by atoms with Gasteiger partial charge in [-0.25, -0.2) is 4.99 Å². The zero-order valence-corrected chi connectivity index (χ0v) is 19.3. The number of rotatable bonds is 7. The Morgan fingerprint density at radius 3 is 2.52 bits per heavy atom. The van der Waals surface area contributed by atoms with Crippen LogP contribution in [-0.2, 0) is 26.7 Å². The second kappa shape index (κ2) is 11.3. The van der Waals surface area contributed by atoms with Crippen molar-refractivity contribution < 1.29 is 5.11 Å². The lowest BCUT2D eigenvalue weighted by atomic mass is 10.1. The van der Waals surface area contributed by atoms with Gasteiger partial charge in [0.25, 0.3) is 0 Å². The molecule has 1 aromatic carbocycles. The topological polar surface area (TPSA) is 65.7 Å². The predicted molar refractivity (Wildman–Crippen MR) is 121 cm³/mol. The maximum absolute atomic E-state index is 9.49. The Balaban J connectivity index is 0.00000364. The van der Waals surface area contributed by atoms with Crippen molar-refractivity contribution in [2.75, 3.05) is 13.6 Å². The molecule has 1 heterocycles. The zero-order chi connectivity index (χ0) is 19.1. The molecule has 0 bridgehead atoms. The summed E-state index contributed by atoms with van der Waals surface area (Å²) in [6.07, 6.45) is 2.08. The van der Waals surface area contributed by atoms with Crippen molar-refractivity contribution in [3.8, 4) is 0 Å². The van der Waals surface area contributed by atoms with E-state index in [4.69, 9.17) is 4.99 Å². The van der Waals surface area contributed by atoms with Crippen LogP contribution in [0.15, 0.2) is 35.5 Å². The summed E-state index contributed by atoms with van der Waals surface area (Å²) in [5.74, 6) is 1.23. The van der Waals surface area contributed by atoms with Crippen LogP contribution in [0.3, 0.4) is 0 Å². The summed E-state index contributed by atoms with van der Waals surface area (Å²) in [7, 11) is 4.00. The van der Waals surface area contributed by atoms with E-state index in [2.05, 4.69) is 42.3 Å². The van der Waals surface area contributed by atoms with Crippen molar-refractivity contribution in [2.45, 2.75) is 46.4 Å². The molecule has 0 saturated carbocycles. The van der Waals surface area contributed by atoms with Gasteiger partial charge in [-0.1, -0.05) is 38.1 Å². The van der Waals surface area contributed by atoms with E-state index >= 15 is 0 Å². The van der Waals surface area contributed by atoms with Crippen molar-refractivity contribution >= 4 is 29.9 Å². The molecule has 0 aliphatic heterocycles.